The van der Waals surface area contributed by atoms with Crippen LogP contribution in [0.5, 0.6) is 0 Å². The van der Waals surface area contributed by atoms with E-state index in [1.165, 1.54) is 12.1 Å². The number of halogens is 3. The van der Waals surface area contributed by atoms with E-state index in [1.807, 2.05) is 13.8 Å². The van der Waals surface area contributed by atoms with Crippen molar-refractivity contribution in [1.82, 2.24) is 4.72 Å². The van der Waals surface area contributed by atoms with Crippen LogP contribution >= 0.6 is 27.5 Å². The first-order valence-electron chi connectivity index (χ1n) is 5.81. The van der Waals surface area contributed by atoms with Crippen LogP contribution in [0.25, 0.3) is 0 Å². The molecular formula is C12H16BrClFNO2S. The first-order chi connectivity index (χ1) is 8.72. The summed E-state index contributed by atoms with van der Waals surface area (Å²) < 4.78 is 40.3. The van der Waals surface area contributed by atoms with Crippen molar-refractivity contribution in [2.24, 2.45) is 5.92 Å². The second-order valence-corrected chi connectivity index (χ2v) is 7.92. The number of sulfonamides is 1. The zero-order valence-corrected chi connectivity index (χ0v) is 13.8. The Morgan fingerprint density at radius 1 is 1.42 bits per heavy atom. The first kappa shape index (κ1) is 16.9. The van der Waals surface area contributed by atoms with E-state index in [9.17, 15) is 12.8 Å². The zero-order chi connectivity index (χ0) is 14.6. The van der Waals surface area contributed by atoms with Crippen LogP contribution < -0.4 is 4.72 Å². The van der Waals surface area contributed by atoms with Crippen molar-refractivity contribution in [2.45, 2.75) is 30.5 Å². The summed E-state index contributed by atoms with van der Waals surface area (Å²) in [5.41, 5.74) is 0. The fraction of sp³-hybridized carbons (Fsp3) is 0.500. The van der Waals surface area contributed by atoms with Gasteiger partial charge in [0, 0.05) is 16.4 Å². The second-order valence-electron chi connectivity index (χ2n) is 4.65. The molecule has 0 saturated heterocycles. The van der Waals surface area contributed by atoms with Gasteiger partial charge in [0.05, 0.1) is 0 Å². The van der Waals surface area contributed by atoms with Crippen molar-refractivity contribution in [3.63, 3.8) is 0 Å². The molecule has 0 fully saturated rings. The molecule has 0 amide bonds. The topological polar surface area (TPSA) is 46.2 Å². The molecule has 0 aromatic heterocycles. The normalized spacial score (nSPS) is 13.8. The first-order valence-corrected chi connectivity index (χ1v) is 8.52. The Hall–Kier alpha value is -0.170. The van der Waals surface area contributed by atoms with Gasteiger partial charge in [-0.1, -0.05) is 29.8 Å². The largest absolute Gasteiger partial charge is 0.243 e. The van der Waals surface area contributed by atoms with Gasteiger partial charge < -0.3 is 0 Å². The fourth-order valence-electron chi connectivity index (χ4n) is 1.57. The van der Waals surface area contributed by atoms with Crippen LogP contribution in [0, 0.1) is 11.7 Å². The number of benzene rings is 1. The van der Waals surface area contributed by atoms with E-state index in [-0.39, 0.29) is 16.8 Å². The van der Waals surface area contributed by atoms with E-state index in [0.717, 1.165) is 6.07 Å². The number of hydrogen-bond acceptors (Lipinski definition) is 2. The van der Waals surface area contributed by atoms with Crippen LogP contribution in [-0.2, 0) is 10.0 Å². The predicted octanol–water partition coefficient (Wildman–Crippen LogP) is 3.52. The zero-order valence-electron chi connectivity index (χ0n) is 10.7. The number of rotatable bonds is 6. The van der Waals surface area contributed by atoms with Gasteiger partial charge in [-0.3, -0.25) is 0 Å². The van der Waals surface area contributed by atoms with Crippen molar-refractivity contribution in [1.29, 1.82) is 0 Å². The van der Waals surface area contributed by atoms with Crippen molar-refractivity contribution in [3.05, 3.63) is 28.5 Å². The summed E-state index contributed by atoms with van der Waals surface area (Å²) in [5.74, 6) is -0.423. The van der Waals surface area contributed by atoms with Crippen molar-refractivity contribution < 1.29 is 12.8 Å². The molecule has 0 aliphatic carbocycles. The number of nitrogens with one attached hydrogen (secondary N) is 1. The smallest absolute Gasteiger partial charge is 0.210 e. The minimum atomic E-state index is -3.87. The van der Waals surface area contributed by atoms with Crippen LogP contribution in [0.2, 0.25) is 0 Å². The standard InChI is InChI=1S/C12H16BrClFNO2S/c1-8(2)5-10(14)7-16-19(17,18)12-4-3-9(13)6-11(12)15/h3-4,6,8,10,16H,5,7H2,1-2H3. The van der Waals surface area contributed by atoms with Crippen molar-refractivity contribution >= 4 is 37.6 Å². The van der Waals surface area contributed by atoms with Crippen LogP contribution in [0.15, 0.2) is 27.6 Å². The third-order valence-corrected chi connectivity index (χ3v) is 4.69. The van der Waals surface area contributed by atoms with Crippen molar-refractivity contribution in [2.75, 3.05) is 6.54 Å². The van der Waals surface area contributed by atoms with Gasteiger partial charge in [-0.05, 0) is 30.5 Å². The lowest BCUT2D eigenvalue weighted by Crippen LogP contribution is -2.31. The summed E-state index contributed by atoms with van der Waals surface area (Å²) in [6.07, 6.45) is 0.687. The van der Waals surface area contributed by atoms with E-state index in [2.05, 4.69) is 20.7 Å². The molecule has 0 aliphatic rings. The number of alkyl halides is 1. The Morgan fingerprint density at radius 3 is 2.58 bits per heavy atom. The lowest BCUT2D eigenvalue weighted by Gasteiger charge is -2.13. The maximum atomic E-state index is 13.6. The summed E-state index contributed by atoms with van der Waals surface area (Å²) >= 11 is 9.08. The third-order valence-electron chi connectivity index (χ3n) is 2.41. The fourth-order valence-corrected chi connectivity index (χ4v) is 3.56. The van der Waals surface area contributed by atoms with E-state index >= 15 is 0 Å². The van der Waals surface area contributed by atoms with E-state index in [4.69, 9.17) is 11.6 Å². The minimum absolute atomic E-state index is 0.0809. The Labute approximate surface area is 126 Å². The van der Waals surface area contributed by atoms with Crippen LogP contribution in [-0.4, -0.2) is 20.3 Å². The SMILES string of the molecule is CC(C)CC(Cl)CNS(=O)(=O)c1ccc(Br)cc1F. The van der Waals surface area contributed by atoms with Gasteiger partial charge in [0.1, 0.15) is 10.7 Å². The van der Waals surface area contributed by atoms with Crippen LogP contribution in [0.4, 0.5) is 4.39 Å². The molecule has 3 nitrogen and oxygen atoms in total. The Bertz CT molecular complexity index is 537. The minimum Gasteiger partial charge on any atom is -0.210 e. The van der Waals surface area contributed by atoms with Gasteiger partial charge in [-0.25, -0.2) is 17.5 Å². The molecule has 1 atom stereocenters. The highest BCUT2D eigenvalue weighted by atomic mass is 79.9. The van der Waals surface area contributed by atoms with Gasteiger partial charge >= 0.3 is 0 Å². The summed E-state index contributed by atoms with van der Waals surface area (Å²) in [4.78, 5) is -0.371. The second kappa shape index (κ2) is 7.02. The quantitative estimate of drug-likeness (QED) is 0.777. The molecule has 1 rings (SSSR count). The summed E-state index contributed by atoms with van der Waals surface area (Å²) in [7, 11) is -3.87. The number of hydrogen-bond donors (Lipinski definition) is 1. The summed E-state index contributed by atoms with van der Waals surface area (Å²) in [6.45, 7) is 4.08. The van der Waals surface area contributed by atoms with E-state index in [0.29, 0.717) is 16.8 Å². The van der Waals surface area contributed by atoms with E-state index in [1.54, 1.807) is 0 Å². The molecule has 1 aromatic carbocycles. The molecule has 0 bridgehead atoms. The average Bonchev–Trinajstić information content (AvgIpc) is 2.25. The monoisotopic (exact) mass is 371 g/mol. The van der Waals surface area contributed by atoms with Gasteiger partial charge in [0.25, 0.3) is 0 Å². The lowest BCUT2D eigenvalue weighted by molar-refractivity contribution is 0.536. The predicted molar refractivity (Wildman–Crippen MR) is 78.4 cm³/mol. The van der Waals surface area contributed by atoms with Gasteiger partial charge in [-0.15, -0.1) is 11.6 Å². The molecular weight excluding hydrogens is 357 g/mol. The molecule has 1 aromatic rings. The molecule has 108 valence electrons. The molecule has 0 spiro atoms. The summed E-state index contributed by atoms with van der Waals surface area (Å²) in [6, 6.07) is 3.80. The highest BCUT2D eigenvalue weighted by molar-refractivity contribution is 9.10. The Balaban J connectivity index is 2.76. The maximum Gasteiger partial charge on any atom is 0.243 e. The summed E-state index contributed by atoms with van der Waals surface area (Å²) in [5, 5.41) is -0.312. The van der Waals surface area contributed by atoms with Crippen LogP contribution in [0.3, 0.4) is 0 Å². The molecule has 0 saturated carbocycles. The molecule has 0 heterocycles. The third kappa shape index (κ3) is 5.38. The molecule has 19 heavy (non-hydrogen) atoms. The Kier molecular flexibility index (Phi) is 6.23. The van der Waals surface area contributed by atoms with Gasteiger partial charge in [0.15, 0.2) is 0 Å². The highest BCUT2D eigenvalue weighted by Gasteiger charge is 2.20. The molecule has 1 N–H and O–H groups in total. The van der Waals surface area contributed by atoms with Gasteiger partial charge in [0.2, 0.25) is 10.0 Å². The average molecular weight is 373 g/mol. The lowest BCUT2D eigenvalue weighted by atomic mass is 10.1. The molecule has 7 heteroatoms. The highest BCUT2D eigenvalue weighted by Crippen LogP contribution is 2.19. The molecule has 0 aliphatic heterocycles. The molecule has 0 radical (unpaired) electrons. The van der Waals surface area contributed by atoms with Crippen LogP contribution in [0.1, 0.15) is 20.3 Å². The van der Waals surface area contributed by atoms with E-state index < -0.39 is 15.8 Å². The van der Waals surface area contributed by atoms with Crippen molar-refractivity contribution in [3.8, 4) is 0 Å². The Morgan fingerprint density at radius 2 is 2.05 bits per heavy atom. The molecule has 1 unspecified atom stereocenters. The maximum absolute atomic E-state index is 13.6. The van der Waals surface area contributed by atoms with Gasteiger partial charge in [-0.2, -0.15) is 0 Å².